The number of rotatable bonds is 9. The molecule has 2 atom stereocenters. The van der Waals surface area contributed by atoms with Crippen LogP contribution < -0.4 is 5.73 Å². The maximum Gasteiger partial charge on any atom is 0.133 e. The predicted molar refractivity (Wildman–Crippen MR) is 86.8 cm³/mol. The van der Waals surface area contributed by atoms with Gasteiger partial charge in [0.05, 0.1) is 0 Å². The molecule has 0 bridgehead atoms. The summed E-state index contributed by atoms with van der Waals surface area (Å²) >= 11 is 0. The molecule has 0 heterocycles. The Morgan fingerprint density at radius 3 is 2.35 bits per heavy atom. The quantitative estimate of drug-likeness (QED) is 0.649. The minimum absolute atomic E-state index is 0.284. The van der Waals surface area contributed by atoms with Crippen molar-refractivity contribution in [2.24, 2.45) is 5.92 Å². The van der Waals surface area contributed by atoms with Gasteiger partial charge in [0.2, 0.25) is 0 Å². The summed E-state index contributed by atoms with van der Waals surface area (Å²) in [5.41, 5.74) is 7.67. The van der Waals surface area contributed by atoms with Crippen molar-refractivity contribution in [2.75, 3.05) is 5.73 Å². The number of nitrogen functional groups attached to an aromatic ring is 1. The van der Waals surface area contributed by atoms with E-state index in [1.807, 2.05) is 24.3 Å². The number of hydrogen-bond acceptors (Lipinski definition) is 2. The van der Waals surface area contributed by atoms with Crippen LogP contribution in [0.3, 0.4) is 0 Å². The van der Waals surface area contributed by atoms with Crippen molar-refractivity contribution in [1.29, 1.82) is 0 Å². The Bertz CT molecular complexity index is 396. The van der Waals surface area contributed by atoms with E-state index in [2.05, 4.69) is 20.8 Å². The predicted octanol–water partition coefficient (Wildman–Crippen LogP) is 4.94. The van der Waals surface area contributed by atoms with Gasteiger partial charge in [-0.3, -0.25) is 4.79 Å². The van der Waals surface area contributed by atoms with Gasteiger partial charge in [0.15, 0.2) is 0 Å². The van der Waals surface area contributed by atoms with Crippen LogP contribution in [0.4, 0.5) is 5.69 Å². The fraction of sp³-hybridized carbons (Fsp3) is 0.611. The Hall–Kier alpha value is -1.31. The Morgan fingerprint density at radius 1 is 1.15 bits per heavy atom. The van der Waals surface area contributed by atoms with Crippen LogP contribution in [0.2, 0.25) is 0 Å². The van der Waals surface area contributed by atoms with Crippen molar-refractivity contribution in [3.05, 3.63) is 29.8 Å². The molecule has 2 nitrogen and oxygen atoms in total. The summed E-state index contributed by atoms with van der Waals surface area (Å²) in [4.78, 5) is 12.2. The molecule has 0 spiro atoms. The van der Waals surface area contributed by atoms with Crippen LogP contribution in [0.15, 0.2) is 24.3 Å². The average Bonchev–Trinajstić information content (AvgIpc) is 2.43. The zero-order valence-corrected chi connectivity index (χ0v) is 13.2. The summed E-state index contributed by atoms with van der Waals surface area (Å²) in [6.07, 6.45) is 6.14. The lowest BCUT2D eigenvalue weighted by atomic mass is 9.89. The molecule has 2 N–H and O–H groups in total. The monoisotopic (exact) mass is 275 g/mol. The highest BCUT2D eigenvalue weighted by Gasteiger charge is 2.15. The van der Waals surface area contributed by atoms with Crippen molar-refractivity contribution in [2.45, 2.75) is 65.2 Å². The highest BCUT2D eigenvalue weighted by atomic mass is 16.1. The molecule has 20 heavy (non-hydrogen) atoms. The van der Waals surface area contributed by atoms with E-state index in [0.29, 0.717) is 18.1 Å². The molecule has 0 aliphatic carbocycles. The maximum absolute atomic E-state index is 12.2. The van der Waals surface area contributed by atoms with Crippen LogP contribution in [-0.4, -0.2) is 5.78 Å². The second kappa shape index (κ2) is 8.78. The summed E-state index contributed by atoms with van der Waals surface area (Å²) < 4.78 is 0. The first kappa shape index (κ1) is 16.7. The Morgan fingerprint density at radius 2 is 1.80 bits per heavy atom. The van der Waals surface area contributed by atoms with Gasteiger partial charge in [0, 0.05) is 18.5 Å². The molecule has 0 fully saturated rings. The first-order valence-electron chi connectivity index (χ1n) is 7.93. The summed E-state index contributed by atoms with van der Waals surface area (Å²) in [5.74, 6) is 1.25. The van der Waals surface area contributed by atoms with E-state index < -0.39 is 0 Å². The molecular weight excluding hydrogens is 246 g/mol. The zero-order chi connectivity index (χ0) is 15.0. The highest BCUT2D eigenvalue weighted by Crippen LogP contribution is 2.24. The number of anilines is 1. The smallest absolute Gasteiger partial charge is 0.133 e. The minimum atomic E-state index is 0.284. The lowest BCUT2D eigenvalue weighted by molar-refractivity contribution is -0.120. The van der Waals surface area contributed by atoms with Crippen molar-refractivity contribution < 1.29 is 4.79 Å². The van der Waals surface area contributed by atoms with Crippen LogP contribution in [0, 0.1) is 5.92 Å². The molecule has 0 radical (unpaired) electrons. The molecule has 0 saturated heterocycles. The Balaban J connectivity index is 2.46. The van der Waals surface area contributed by atoms with E-state index in [1.165, 1.54) is 24.8 Å². The molecule has 1 aromatic carbocycles. The number of hydrogen-bond donors (Lipinski definition) is 1. The lowest BCUT2D eigenvalue weighted by Crippen LogP contribution is -2.11. The first-order valence-corrected chi connectivity index (χ1v) is 7.93. The molecule has 0 aliphatic rings. The molecule has 1 aromatic rings. The van der Waals surface area contributed by atoms with Gasteiger partial charge in [-0.05, 0) is 29.5 Å². The van der Waals surface area contributed by atoms with E-state index in [9.17, 15) is 4.79 Å². The first-order chi connectivity index (χ1) is 9.56. The number of unbranched alkanes of at least 4 members (excludes halogenated alkanes) is 1. The standard InChI is InChI=1S/C18H29NO/c1-4-6-7-15(5-2)13-18(20)12-14(3)16-8-10-17(19)11-9-16/h8-11,14-15H,4-7,12-13,19H2,1-3H3. The van der Waals surface area contributed by atoms with E-state index in [4.69, 9.17) is 5.73 Å². The summed E-state index contributed by atoms with van der Waals surface area (Å²) in [7, 11) is 0. The summed E-state index contributed by atoms with van der Waals surface area (Å²) in [6, 6.07) is 7.88. The SMILES string of the molecule is CCCCC(CC)CC(=O)CC(C)c1ccc(N)cc1. The fourth-order valence-corrected chi connectivity index (χ4v) is 2.63. The molecule has 1 rings (SSSR count). The fourth-order valence-electron chi connectivity index (χ4n) is 2.63. The molecular formula is C18H29NO. The molecule has 0 aliphatic heterocycles. The normalized spacial score (nSPS) is 13.9. The minimum Gasteiger partial charge on any atom is -0.399 e. The second-order valence-electron chi connectivity index (χ2n) is 5.93. The number of carbonyl (C=O) groups excluding carboxylic acids is 1. The van der Waals surface area contributed by atoms with E-state index in [1.54, 1.807) is 0 Å². The highest BCUT2D eigenvalue weighted by molar-refractivity contribution is 5.79. The largest absolute Gasteiger partial charge is 0.399 e. The van der Waals surface area contributed by atoms with Crippen LogP contribution in [-0.2, 0) is 4.79 Å². The van der Waals surface area contributed by atoms with Gasteiger partial charge >= 0.3 is 0 Å². The van der Waals surface area contributed by atoms with Crippen LogP contribution in [0.25, 0.3) is 0 Å². The maximum atomic E-state index is 12.2. The number of carbonyl (C=O) groups is 1. The van der Waals surface area contributed by atoms with Gasteiger partial charge in [-0.15, -0.1) is 0 Å². The van der Waals surface area contributed by atoms with Gasteiger partial charge in [0.25, 0.3) is 0 Å². The van der Waals surface area contributed by atoms with Gasteiger partial charge in [-0.2, -0.15) is 0 Å². The van der Waals surface area contributed by atoms with Gasteiger partial charge in [-0.1, -0.05) is 58.6 Å². The van der Waals surface area contributed by atoms with Crippen LogP contribution in [0.1, 0.15) is 70.8 Å². The third kappa shape index (κ3) is 5.77. The van der Waals surface area contributed by atoms with E-state index >= 15 is 0 Å². The van der Waals surface area contributed by atoms with Gasteiger partial charge < -0.3 is 5.73 Å². The number of nitrogens with two attached hydrogens (primary N) is 1. The molecule has 0 amide bonds. The summed E-state index contributed by atoms with van der Waals surface area (Å²) in [5, 5.41) is 0. The van der Waals surface area contributed by atoms with Crippen molar-refractivity contribution in [3.63, 3.8) is 0 Å². The number of ketones is 1. The molecule has 0 aromatic heterocycles. The van der Waals surface area contributed by atoms with Gasteiger partial charge in [0.1, 0.15) is 5.78 Å². The second-order valence-corrected chi connectivity index (χ2v) is 5.93. The van der Waals surface area contributed by atoms with Crippen LogP contribution >= 0.6 is 0 Å². The molecule has 2 heteroatoms. The number of Topliss-reactive ketones (excluding diaryl/α,β-unsaturated/α-hetero) is 1. The Labute approximate surface area is 123 Å². The van der Waals surface area contributed by atoms with Crippen LogP contribution in [0.5, 0.6) is 0 Å². The van der Waals surface area contributed by atoms with E-state index in [0.717, 1.165) is 18.5 Å². The molecule has 112 valence electrons. The third-order valence-corrected chi connectivity index (χ3v) is 4.10. The Kier molecular flexibility index (Phi) is 7.35. The summed E-state index contributed by atoms with van der Waals surface area (Å²) in [6.45, 7) is 6.52. The van der Waals surface area contributed by atoms with Crippen molar-refractivity contribution in [1.82, 2.24) is 0 Å². The average molecular weight is 275 g/mol. The topological polar surface area (TPSA) is 43.1 Å². The number of benzene rings is 1. The lowest BCUT2D eigenvalue weighted by Gasteiger charge is -2.16. The molecule has 0 saturated carbocycles. The third-order valence-electron chi connectivity index (χ3n) is 4.10. The van der Waals surface area contributed by atoms with E-state index in [-0.39, 0.29) is 5.92 Å². The van der Waals surface area contributed by atoms with Crippen molar-refractivity contribution in [3.8, 4) is 0 Å². The van der Waals surface area contributed by atoms with Crippen molar-refractivity contribution >= 4 is 11.5 Å². The van der Waals surface area contributed by atoms with Gasteiger partial charge in [-0.25, -0.2) is 0 Å². The zero-order valence-electron chi connectivity index (χ0n) is 13.2. The molecule has 2 unspecified atom stereocenters.